The topological polar surface area (TPSA) is 52.9 Å². The molecule has 1 heterocycles. The van der Waals surface area contributed by atoms with Gasteiger partial charge in [0.25, 0.3) is 0 Å². The molecule has 1 fully saturated rings. The van der Waals surface area contributed by atoms with Crippen molar-refractivity contribution < 1.29 is 9.90 Å². The normalized spacial score (nSPS) is 17.7. The number of aliphatic hydroxyl groups is 1. The number of aliphatic imine (C=N–C) groups is 1. The monoisotopic (exact) mass is 432 g/mol. The van der Waals surface area contributed by atoms with Crippen LogP contribution in [0.2, 0.25) is 0 Å². The van der Waals surface area contributed by atoms with Crippen molar-refractivity contribution in [2.24, 2.45) is 16.8 Å². The van der Waals surface area contributed by atoms with Crippen LogP contribution in [0.1, 0.15) is 70.8 Å². The Labute approximate surface area is 187 Å². The summed E-state index contributed by atoms with van der Waals surface area (Å²) in [7, 11) is 1.86. The van der Waals surface area contributed by atoms with Crippen molar-refractivity contribution in [1.29, 1.82) is 0 Å². The van der Waals surface area contributed by atoms with Crippen molar-refractivity contribution in [3.8, 4) is 0 Å². The van der Waals surface area contributed by atoms with E-state index < -0.39 is 0 Å². The van der Waals surface area contributed by atoms with Gasteiger partial charge in [0.15, 0.2) is 0 Å². The highest BCUT2D eigenvalue weighted by atomic mass is 32.2. The first kappa shape index (κ1) is 24.9. The molecule has 1 amide bonds. The van der Waals surface area contributed by atoms with E-state index in [0.29, 0.717) is 44.2 Å². The third-order valence-electron chi connectivity index (χ3n) is 6.27. The second-order valence-electron chi connectivity index (χ2n) is 8.58. The molecule has 0 aliphatic carbocycles. The highest BCUT2D eigenvalue weighted by Crippen LogP contribution is 2.29. The van der Waals surface area contributed by atoms with Gasteiger partial charge >= 0.3 is 0 Å². The van der Waals surface area contributed by atoms with Crippen LogP contribution in [0.25, 0.3) is 0 Å². The van der Waals surface area contributed by atoms with Gasteiger partial charge in [-0.1, -0.05) is 69.9 Å². The maximum atomic E-state index is 12.9. The molecule has 1 saturated heterocycles. The summed E-state index contributed by atoms with van der Waals surface area (Å²) < 4.78 is 0. The summed E-state index contributed by atoms with van der Waals surface area (Å²) in [6.07, 6.45) is 7.80. The number of unbranched alkanes of at least 4 members (excludes halogenated alkanes) is 2. The first-order valence-electron chi connectivity index (χ1n) is 11.7. The minimum absolute atomic E-state index is 0.237. The van der Waals surface area contributed by atoms with Crippen molar-refractivity contribution in [3.05, 3.63) is 35.9 Å². The molecular weight excluding hydrogens is 392 g/mol. The zero-order chi connectivity index (χ0) is 21.8. The molecule has 0 bridgehead atoms. The van der Waals surface area contributed by atoms with Crippen molar-refractivity contribution in [2.75, 3.05) is 25.9 Å². The minimum atomic E-state index is -0.237. The maximum Gasteiger partial charge on any atom is 0.222 e. The summed E-state index contributed by atoms with van der Waals surface area (Å²) in [6, 6.07) is 10.3. The van der Waals surface area contributed by atoms with Gasteiger partial charge in [-0.2, -0.15) is 0 Å². The largest absolute Gasteiger partial charge is 0.393 e. The quantitative estimate of drug-likeness (QED) is 0.290. The zero-order valence-corrected chi connectivity index (χ0v) is 19.9. The van der Waals surface area contributed by atoms with Crippen molar-refractivity contribution in [2.45, 2.75) is 71.3 Å². The van der Waals surface area contributed by atoms with Gasteiger partial charge in [-0.25, -0.2) is 0 Å². The van der Waals surface area contributed by atoms with E-state index in [-0.39, 0.29) is 12.0 Å². The van der Waals surface area contributed by atoms with E-state index >= 15 is 0 Å². The summed E-state index contributed by atoms with van der Waals surface area (Å²) in [5.41, 5.74) is 1.17. The minimum Gasteiger partial charge on any atom is -0.393 e. The van der Waals surface area contributed by atoms with Crippen LogP contribution in [0, 0.1) is 11.8 Å². The molecule has 168 valence electrons. The second kappa shape index (κ2) is 13.9. The Morgan fingerprint density at radius 1 is 1.20 bits per heavy atom. The maximum absolute atomic E-state index is 12.9. The fraction of sp³-hybridized carbons (Fsp3) is 0.680. The van der Waals surface area contributed by atoms with E-state index in [1.165, 1.54) is 31.2 Å². The fourth-order valence-electron chi connectivity index (χ4n) is 4.17. The van der Waals surface area contributed by atoms with E-state index in [9.17, 15) is 9.90 Å². The standard InChI is InChI=1S/C25H40N2O2S/c1-4-5-7-10-20(2)22(19-24(29)27-16-13-23(28)14-17-27)15-18-30-25(26-3)21-11-8-6-9-12-21/h6,8-9,11-12,20,22-23,28H,4-5,7,10,13-19H2,1-3H3. The third kappa shape index (κ3) is 8.43. The molecular formula is C25H40N2O2S. The van der Waals surface area contributed by atoms with Crippen LogP contribution in [0.5, 0.6) is 0 Å². The predicted octanol–water partition coefficient (Wildman–Crippen LogP) is 5.39. The number of amides is 1. The second-order valence-corrected chi connectivity index (χ2v) is 9.66. The molecule has 1 aromatic carbocycles. The third-order valence-corrected chi connectivity index (χ3v) is 7.40. The number of benzene rings is 1. The summed E-state index contributed by atoms with van der Waals surface area (Å²) in [4.78, 5) is 19.4. The fourth-order valence-corrected chi connectivity index (χ4v) is 5.22. The Hall–Kier alpha value is -1.33. The van der Waals surface area contributed by atoms with Gasteiger partial charge in [-0.15, -0.1) is 11.8 Å². The highest BCUT2D eigenvalue weighted by molar-refractivity contribution is 8.14. The molecule has 2 unspecified atom stereocenters. The number of hydrogen-bond donors (Lipinski definition) is 1. The number of likely N-dealkylation sites (tertiary alicyclic amines) is 1. The van der Waals surface area contributed by atoms with Gasteiger partial charge in [-0.05, 0) is 36.9 Å². The lowest BCUT2D eigenvalue weighted by Crippen LogP contribution is -2.41. The van der Waals surface area contributed by atoms with Gasteiger partial charge in [0, 0.05) is 32.1 Å². The molecule has 2 atom stereocenters. The van der Waals surface area contributed by atoms with Crippen LogP contribution in [0.4, 0.5) is 0 Å². The van der Waals surface area contributed by atoms with Gasteiger partial charge in [0.05, 0.1) is 11.1 Å². The van der Waals surface area contributed by atoms with Crippen LogP contribution in [-0.2, 0) is 4.79 Å². The van der Waals surface area contributed by atoms with Gasteiger partial charge in [0.1, 0.15) is 0 Å². The van der Waals surface area contributed by atoms with Crippen molar-refractivity contribution in [3.63, 3.8) is 0 Å². The molecule has 0 aromatic heterocycles. The number of carbonyl (C=O) groups is 1. The lowest BCUT2D eigenvalue weighted by atomic mass is 9.84. The number of hydrogen-bond acceptors (Lipinski definition) is 4. The van der Waals surface area contributed by atoms with E-state index in [4.69, 9.17) is 0 Å². The number of aliphatic hydroxyl groups excluding tert-OH is 1. The molecule has 4 nitrogen and oxygen atoms in total. The first-order chi connectivity index (χ1) is 14.5. The van der Waals surface area contributed by atoms with Gasteiger partial charge < -0.3 is 10.0 Å². The molecule has 0 spiro atoms. The van der Waals surface area contributed by atoms with E-state index in [2.05, 4.69) is 31.0 Å². The summed E-state index contributed by atoms with van der Waals surface area (Å²) >= 11 is 1.80. The van der Waals surface area contributed by atoms with Gasteiger partial charge in [0.2, 0.25) is 5.91 Å². The molecule has 5 heteroatoms. The molecule has 1 aromatic rings. The summed E-state index contributed by atoms with van der Waals surface area (Å²) in [6.45, 7) is 5.96. The lowest BCUT2D eigenvalue weighted by molar-refractivity contribution is -0.134. The van der Waals surface area contributed by atoms with Crippen LogP contribution in [0.15, 0.2) is 35.3 Å². The Balaban J connectivity index is 1.92. The van der Waals surface area contributed by atoms with Crippen molar-refractivity contribution in [1.82, 2.24) is 4.90 Å². The number of rotatable bonds is 11. The average molecular weight is 433 g/mol. The SMILES string of the molecule is CCCCCC(C)C(CCSC(=NC)c1ccccc1)CC(=O)N1CCC(O)CC1. The first-order valence-corrected chi connectivity index (χ1v) is 12.6. The number of nitrogens with zero attached hydrogens (tertiary/aromatic N) is 2. The highest BCUT2D eigenvalue weighted by Gasteiger charge is 2.26. The molecule has 2 rings (SSSR count). The van der Waals surface area contributed by atoms with Crippen LogP contribution < -0.4 is 0 Å². The summed E-state index contributed by atoms with van der Waals surface area (Å²) in [5.74, 6) is 2.21. The van der Waals surface area contributed by atoms with E-state index in [1.54, 1.807) is 11.8 Å². The Kier molecular flexibility index (Phi) is 11.5. The van der Waals surface area contributed by atoms with Crippen LogP contribution in [0.3, 0.4) is 0 Å². The molecule has 1 N–H and O–H groups in total. The smallest absolute Gasteiger partial charge is 0.222 e. The van der Waals surface area contributed by atoms with E-state index in [1.807, 2.05) is 30.1 Å². The van der Waals surface area contributed by atoms with Crippen molar-refractivity contribution >= 4 is 22.7 Å². The van der Waals surface area contributed by atoms with Gasteiger partial charge in [-0.3, -0.25) is 9.79 Å². The van der Waals surface area contributed by atoms with E-state index in [0.717, 1.165) is 17.2 Å². The molecule has 1 aliphatic rings. The Morgan fingerprint density at radius 2 is 1.90 bits per heavy atom. The molecule has 0 radical (unpaired) electrons. The Morgan fingerprint density at radius 3 is 2.53 bits per heavy atom. The lowest BCUT2D eigenvalue weighted by Gasteiger charge is -2.32. The molecule has 0 saturated carbocycles. The Bertz CT molecular complexity index is 642. The number of thioether (sulfide) groups is 1. The molecule has 1 aliphatic heterocycles. The number of piperidine rings is 1. The average Bonchev–Trinajstić information content (AvgIpc) is 2.77. The predicted molar refractivity (Wildman–Crippen MR) is 129 cm³/mol. The zero-order valence-electron chi connectivity index (χ0n) is 19.1. The molecule has 30 heavy (non-hydrogen) atoms. The summed E-state index contributed by atoms with van der Waals surface area (Å²) in [5, 5.41) is 10.8. The number of carbonyl (C=O) groups excluding carboxylic acids is 1. The van der Waals surface area contributed by atoms with Crippen LogP contribution >= 0.6 is 11.8 Å². The van der Waals surface area contributed by atoms with Crippen LogP contribution in [-0.4, -0.2) is 53.0 Å².